The summed E-state index contributed by atoms with van der Waals surface area (Å²) in [7, 11) is 2.74. The molecule has 2 heterocycles. The van der Waals surface area contributed by atoms with E-state index >= 15 is 8.78 Å². The zero-order valence-electron chi connectivity index (χ0n) is 28.8. The van der Waals surface area contributed by atoms with Crippen LogP contribution in [0.5, 0.6) is 23.0 Å². The molecule has 4 rings (SSSR count). The third-order valence-corrected chi connectivity index (χ3v) is 8.65. The van der Waals surface area contributed by atoms with Gasteiger partial charge in [0.15, 0.2) is 40.4 Å². The first-order valence-electron chi connectivity index (χ1n) is 16.1. The van der Waals surface area contributed by atoms with Crippen LogP contribution >= 0.6 is 11.3 Å². The summed E-state index contributed by atoms with van der Waals surface area (Å²) in [4.78, 5) is 51.0. The number of hydrogen-bond acceptors (Lipinski definition) is 12. The Labute approximate surface area is 292 Å². The van der Waals surface area contributed by atoms with Gasteiger partial charge in [0.1, 0.15) is 12.2 Å². The predicted octanol–water partition coefficient (Wildman–Crippen LogP) is 5.47. The number of esters is 2. The van der Waals surface area contributed by atoms with Crippen molar-refractivity contribution in [3.63, 3.8) is 0 Å². The monoisotopic (exact) mass is 720 g/mol. The van der Waals surface area contributed by atoms with Crippen molar-refractivity contribution in [2.24, 2.45) is 5.73 Å². The number of thiophene rings is 1. The van der Waals surface area contributed by atoms with Crippen molar-refractivity contribution in [1.82, 2.24) is 4.90 Å². The quantitative estimate of drug-likeness (QED) is 0.107. The Morgan fingerprint density at radius 3 is 2.12 bits per heavy atom. The molecule has 1 aliphatic rings. The molecule has 0 radical (unpaired) electrons. The van der Waals surface area contributed by atoms with Crippen molar-refractivity contribution < 1.29 is 56.4 Å². The number of methoxy groups -OCH3 is 2. The Hall–Kier alpha value is -4.50. The maximum Gasteiger partial charge on any atom is 0.306 e. The second kappa shape index (κ2) is 16.9. The number of fused-ring (bicyclic) bond motifs is 2. The fraction of sp³-hybridized carbons (Fsp3) is 0.486. The highest BCUT2D eigenvalue weighted by Crippen LogP contribution is 2.41. The van der Waals surface area contributed by atoms with Crippen LogP contribution < -0.4 is 24.7 Å². The van der Waals surface area contributed by atoms with Gasteiger partial charge < -0.3 is 39.1 Å². The van der Waals surface area contributed by atoms with E-state index in [1.807, 2.05) is 0 Å². The van der Waals surface area contributed by atoms with E-state index in [0.717, 1.165) is 11.3 Å². The van der Waals surface area contributed by atoms with Gasteiger partial charge >= 0.3 is 11.9 Å². The van der Waals surface area contributed by atoms with E-state index in [2.05, 4.69) is 0 Å². The van der Waals surface area contributed by atoms with Crippen molar-refractivity contribution in [2.45, 2.75) is 71.6 Å². The molecule has 15 heteroatoms. The van der Waals surface area contributed by atoms with E-state index in [9.17, 15) is 19.2 Å². The van der Waals surface area contributed by atoms with Crippen LogP contribution in [0.4, 0.5) is 8.78 Å². The molecule has 0 fully saturated rings. The molecule has 1 amide bonds. The Kier molecular flexibility index (Phi) is 13.0. The minimum absolute atomic E-state index is 0.0105. The highest BCUT2D eigenvalue weighted by Gasteiger charge is 2.31. The summed E-state index contributed by atoms with van der Waals surface area (Å²) in [5.41, 5.74) is 5.52. The van der Waals surface area contributed by atoms with Crippen molar-refractivity contribution in [3.05, 3.63) is 45.8 Å². The number of rotatable bonds is 17. The number of nitrogens with zero attached hydrogens (tertiary/aromatic N) is 1. The minimum atomic E-state index is -0.713. The Morgan fingerprint density at radius 2 is 1.48 bits per heavy atom. The van der Waals surface area contributed by atoms with Crippen LogP contribution in [0, 0.1) is 11.6 Å². The molecule has 12 nitrogen and oxygen atoms in total. The summed E-state index contributed by atoms with van der Waals surface area (Å²) in [5.74, 6) is -3.04. The SMILES string of the molecule is COc1cc2c(c(F)c1OCCCOc1c(OC)cc3sc(C(=O)CCC(=O)OCCN)cc3c1F)CN(C(=O)CCC(=O)OC(C)(C)C)C2. The van der Waals surface area contributed by atoms with Gasteiger partial charge in [-0.2, -0.15) is 0 Å². The lowest BCUT2D eigenvalue weighted by atomic mass is 10.1. The normalized spacial score (nSPS) is 12.4. The number of carbonyl (C=O) groups excluding carboxylic acids is 4. The molecule has 0 saturated carbocycles. The van der Waals surface area contributed by atoms with Gasteiger partial charge in [0.05, 0.1) is 45.2 Å². The van der Waals surface area contributed by atoms with Crippen LogP contribution in [-0.2, 0) is 36.9 Å². The average Bonchev–Trinajstić information content (AvgIpc) is 3.71. The molecule has 0 bridgehead atoms. The van der Waals surface area contributed by atoms with E-state index in [4.69, 9.17) is 34.2 Å². The summed E-state index contributed by atoms with van der Waals surface area (Å²) in [5, 5.41) is 0.165. The number of carbonyl (C=O) groups is 4. The van der Waals surface area contributed by atoms with Crippen molar-refractivity contribution >= 4 is 45.1 Å². The van der Waals surface area contributed by atoms with Crippen molar-refractivity contribution in [1.29, 1.82) is 0 Å². The first kappa shape index (κ1) is 38.3. The van der Waals surface area contributed by atoms with Crippen molar-refractivity contribution in [2.75, 3.05) is 40.6 Å². The number of hydrogen-bond donors (Lipinski definition) is 1. The molecule has 0 unspecified atom stereocenters. The fourth-order valence-electron chi connectivity index (χ4n) is 5.20. The lowest BCUT2D eigenvalue weighted by Crippen LogP contribution is -2.28. The highest BCUT2D eigenvalue weighted by atomic mass is 32.1. The highest BCUT2D eigenvalue weighted by molar-refractivity contribution is 7.20. The van der Waals surface area contributed by atoms with Gasteiger partial charge in [-0.3, -0.25) is 19.2 Å². The molecule has 3 aromatic rings. The number of ether oxygens (including phenoxy) is 6. The fourth-order valence-corrected chi connectivity index (χ4v) is 6.25. The zero-order chi connectivity index (χ0) is 36.6. The summed E-state index contributed by atoms with van der Waals surface area (Å²) in [6, 6.07) is 4.60. The Morgan fingerprint density at radius 1 is 0.840 bits per heavy atom. The first-order chi connectivity index (χ1) is 23.8. The molecule has 0 spiro atoms. The molecule has 50 heavy (non-hydrogen) atoms. The van der Waals surface area contributed by atoms with Crippen LogP contribution in [0.3, 0.4) is 0 Å². The van der Waals surface area contributed by atoms with Crippen molar-refractivity contribution in [3.8, 4) is 23.0 Å². The summed E-state index contributed by atoms with van der Waals surface area (Å²) < 4.78 is 64.1. The van der Waals surface area contributed by atoms with Crippen LogP contribution in [-0.4, -0.2) is 74.7 Å². The summed E-state index contributed by atoms with van der Waals surface area (Å²) in [6.07, 6.45) is -0.142. The second-order valence-electron chi connectivity index (χ2n) is 12.4. The van der Waals surface area contributed by atoms with Gasteiger partial charge in [-0.15, -0.1) is 11.3 Å². The number of ketones is 1. The second-order valence-corrected chi connectivity index (χ2v) is 13.5. The largest absolute Gasteiger partial charge is 0.493 e. The van der Waals surface area contributed by atoms with Gasteiger partial charge in [-0.25, -0.2) is 8.78 Å². The number of nitrogens with two attached hydrogens (primary N) is 1. The molecule has 0 saturated heterocycles. The smallest absolute Gasteiger partial charge is 0.306 e. The van der Waals surface area contributed by atoms with E-state index < -0.39 is 29.2 Å². The van der Waals surface area contributed by atoms with Gasteiger partial charge in [0, 0.05) is 60.6 Å². The minimum Gasteiger partial charge on any atom is -0.493 e. The molecular formula is C35H42F2N2O10S. The molecule has 272 valence electrons. The van der Waals surface area contributed by atoms with Gasteiger partial charge in [0.25, 0.3) is 0 Å². The third-order valence-electron chi connectivity index (χ3n) is 7.52. The Bertz CT molecular complexity index is 1740. The van der Waals surface area contributed by atoms with Crippen LogP contribution in [0.1, 0.15) is 73.7 Å². The van der Waals surface area contributed by atoms with E-state index in [1.54, 1.807) is 32.9 Å². The first-order valence-corrected chi connectivity index (χ1v) is 16.9. The van der Waals surface area contributed by atoms with Crippen LogP contribution in [0.2, 0.25) is 0 Å². The standard InChI is InChI=1S/C35H42F2N2O10S/c1-35(2,3)49-30(43)10-8-28(41)39-18-20-15-24(44-4)33(32(37)22(20)19-39)47-12-6-13-48-34-25(45-5)17-26-21(31(34)36)16-27(50-26)23(40)7-9-29(42)46-14-11-38/h15-17H,6-14,18-19,38H2,1-5H3. The molecule has 1 aromatic heterocycles. The molecule has 0 aliphatic carbocycles. The third kappa shape index (κ3) is 9.59. The topological polar surface area (TPSA) is 153 Å². The summed E-state index contributed by atoms with van der Waals surface area (Å²) >= 11 is 1.07. The maximum absolute atomic E-state index is 15.7. The molecule has 0 atom stereocenters. The molecule has 2 N–H and O–H groups in total. The van der Waals surface area contributed by atoms with E-state index in [0.29, 0.717) is 15.8 Å². The lowest BCUT2D eigenvalue weighted by molar-refractivity contribution is -0.156. The number of benzene rings is 2. The number of halogens is 2. The Balaban J connectivity index is 1.34. The number of Topliss-reactive ketones (excluding diaryl/α,β-unsaturated/α-hetero) is 1. The molecule has 2 aromatic carbocycles. The van der Waals surface area contributed by atoms with Gasteiger partial charge in [-0.05, 0) is 38.5 Å². The molecular weight excluding hydrogens is 678 g/mol. The number of amides is 1. The van der Waals surface area contributed by atoms with Crippen LogP contribution in [0.25, 0.3) is 10.1 Å². The van der Waals surface area contributed by atoms with Crippen LogP contribution in [0.15, 0.2) is 18.2 Å². The van der Waals surface area contributed by atoms with Gasteiger partial charge in [-0.1, -0.05) is 0 Å². The average molecular weight is 721 g/mol. The van der Waals surface area contributed by atoms with E-state index in [-0.39, 0.29) is 117 Å². The predicted molar refractivity (Wildman–Crippen MR) is 180 cm³/mol. The molecule has 1 aliphatic heterocycles. The van der Waals surface area contributed by atoms with Gasteiger partial charge in [0.2, 0.25) is 5.91 Å². The zero-order valence-corrected chi connectivity index (χ0v) is 29.6. The van der Waals surface area contributed by atoms with E-state index in [1.165, 1.54) is 25.2 Å². The maximum atomic E-state index is 15.7. The summed E-state index contributed by atoms with van der Waals surface area (Å²) in [6.45, 7) is 5.62. The lowest BCUT2D eigenvalue weighted by Gasteiger charge is -2.20.